The number of carboxylic acid groups (broad SMARTS) is 2. The molecule has 0 aliphatic rings. The third-order valence-electron chi connectivity index (χ3n) is 4.35. The van der Waals surface area contributed by atoms with E-state index >= 15 is 0 Å². The lowest BCUT2D eigenvalue weighted by Crippen LogP contribution is -2.59. The summed E-state index contributed by atoms with van der Waals surface area (Å²) >= 11 is 0. The molecular weight excluding hydrogens is 444 g/mol. The number of amides is 3. The van der Waals surface area contributed by atoms with Crippen LogP contribution in [0.15, 0.2) is 24.3 Å². The lowest BCUT2D eigenvalue weighted by Gasteiger charge is -2.23. The van der Waals surface area contributed by atoms with Crippen molar-refractivity contribution in [1.29, 1.82) is 0 Å². The van der Waals surface area contributed by atoms with Crippen molar-refractivity contribution in [3.05, 3.63) is 29.8 Å². The lowest BCUT2D eigenvalue weighted by atomic mass is 10.1. The molecule has 14 heteroatoms. The molecule has 3 amide bonds. The standard InChI is InChI=1S/C19H26N4O10/c20-11(5-9-1-3-10(26)4-2-9)16(29)22-13(7-24)18(31)23-14(8-25)17(30)21-12(19(32)33)6-15(27)28/h1-4,11-14,24-26H,5-8,20H2,(H,21,30)(H,22,29)(H,23,31)(H,27,28)(H,32,33). The first-order chi connectivity index (χ1) is 15.5. The number of aromatic hydroxyl groups is 1. The molecule has 0 radical (unpaired) electrons. The van der Waals surface area contributed by atoms with E-state index in [0.717, 1.165) is 0 Å². The molecule has 4 unspecified atom stereocenters. The zero-order chi connectivity index (χ0) is 25.1. The minimum Gasteiger partial charge on any atom is -0.508 e. The van der Waals surface area contributed by atoms with Gasteiger partial charge in [-0.3, -0.25) is 19.2 Å². The van der Waals surface area contributed by atoms with E-state index in [1.54, 1.807) is 0 Å². The molecule has 0 saturated heterocycles. The molecule has 0 fully saturated rings. The second-order valence-electron chi connectivity index (χ2n) is 6.96. The molecule has 182 valence electrons. The van der Waals surface area contributed by atoms with Gasteiger partial charge in [-0.15, -0.1) is 0 Å². The van der Waals surface area contributed by atoms with Gasteiger partial charge in [-0.25, -0.2) is 4.79 Å². The average Bonchev–Trinajstić information content (AvgIpc) is 2.75. The highest BCUT2D eigenvalue weighted by atomic mass is 16.4. The van der Waals surface area contributed by atoms with Crippen molar-refractivity contribution in [3.8, 4) is 5.75 Å². The van der Waals surface area contributed by atoms with Gasteiger partial charge in [-0.05, 0) is 24.1 Å². The molecule has 0 spiro atoms. The first-order valence-electron chi connectivity index (χ1n) is 9.59. The van der Waals surface area contributed by atoms with Crippen LogP contribution in [0.4, 0.5) is 0 Å². The number of aliphatic hydroxyl groups is 2. The average molecular weight is 470 g/mol. The number of aliphatic hydroxyl groups excluding tert-OH is 2. The molecule has 4 atom stereocenters. The van der Waals surface area contributed by atoms with Gasteiger partial charge in [0.05, 0.1) is 25.7 Å². The van der Waals surface area contributed by atoms with Crippen molar-refractivity contribution in [2.45, 2.75) is 37.0 Å². The Kier molecular flexibility index (Phi) is 10.7. The number of benzene rings is 1. The van der Waals surface area contributed by atoms with Crippen LogP contribution in [0, 0.1) is 0 Å². The number of aliphatic carboxylic acids is 2. The van der Waals surface area contributed by atoms with Crippen LogP contribution in [-0.4, -0.2) is 92.6 Å². The number of carboxylic acids is 2. The Bertz CT molecular complexity index is 861. The summed E-state index contributed by atoms with van der Waals surface area (Å²) in [4.78, 5) is 58.5. The number of carbonyl (C=O) groups excluding carboxylic acids is 3. The van der Waals surface area contributed by atoms with Gasteiger partial charge in [-0.2, -0.15) is 0 Å². The Morgan fingerprint density at radius 2 is 1.24 bits per heavy atom. The van der Waals surface area contributed by atoms with Gasteiger partial charge in [0.25, 0.3) is 0 Å². The summed E-state index contributed by atoms with van der Waals surface area (Å²) in [5, 5.41) is 51.8. The molecule has 0 saturated carbocycles. The molecule has 0 aromatic heterocycles. The van der Waals surface area contributed by atoms with E-state index in [9.17, 15) is 39.3 Å². The highest BCUT2D eigenvalue weighted by molar-refractivity contribution is 5.94. The maximum atomic E-state index is 12.3. The second kappa shape index (κ2) is 12.9. The van der Waals surface area contributed by atoms with Crippen LogP contribution in [0.2, 0.25) is 0 Å². The maximum Gasteiger partial charge on any atom is 0.326 e. The SMILES string of the molecule is NC(Cc1ccc(O)cc1)C(=O)NC(CO)C(=O)NC(CO)C(=O)NC(CC(=O)O)C(=O)O. The van der Waals surface area contributed by atoms with E-state index in [0.29, 0.717) is 5.56 Å². The van der Waals surface area contributed by atoms with Crippen molar-refractivity contribution in [3.63, 3.8) is 0 Å². The first-order valence-corrected chi connectivity index (χ1v) is 9.59. The Morgan fingerprint density at radius 1 is 0.788 bits per heavy atom. The van der Waals surface area contributed by atoms with Gasteiger partial charge in [0.15, 0.2) is 0 Å². The van der Waals surface area contributed by atoms with E-state index in [4.69, 9.17) is 15.9 Å². The van der Waals surface area contributed by atoms with Crippen molar-refractivity contribution < 1.29 is 49.5 Å². The van der Waals surface area contributed by atoms with E-state index in [1.807, 2.05) is 10.6 Å². The van der Waals surface area contributed by atoms with E-state index in [2.05, 4.69) is 5.32 Å². The molecule has 0 aliphatic carbocycles. The summed E-state index contributed by atoms with van der Waals surface area (Å²) in [7, 11) is 0. The Hall–Kier alpha value is -3.75. The normalized spacial score (nSPS) is 14.3. The van der Waals surface area contributed by atoms with Gasteiger partial charge < -0.3 is 47.2 Å². The minimum absolute atomic E-state index is 0.0221. The zero-order valence-electron chi connectivity index (χ0n) is 17.3. The molecule has 10 N–H and O–H groups in total. The highest BCUT2D eigenvalue weighted by Gasteiger charge is 2.30. The van der Waals surface area contributed by atoms with E-state index in [-0.39, 0.29) is 12.2 Å². The van der Waals surface area contributed by atoms with Gasteiger partial charge in [0.2, 0.25) is 17.7 Å². The molecule has 33 heavy (non-hydrogen) atoms. The summed E-state index contributed by atoms with van der Waals surface area (Å²) < 4.78 is 0. The summed E-state index contributed by atoms with van der Waals surface area (Å²) in [6.45, 7) is -1.87. The quantitative estimate of drug-likeness (QED) is 0.135. The van der Waals surface area contributed by atoms with Crippen molar-refractivity contribution in [2.75, 3.05) is 13.2 Å². The molecule has 0 aliphatic heterocycles. The Labute approximate surface area is 187 Å². The van der Waals surface area contributed by atoms with Crippen LogP contribution in [0.25, 0.3) is 0 Å². The predicted octanol–water partition coefficient (Wildman–Crippen LogP) is -3.74. The molecule has 0 bridgehead atoms. The fourth-order valence-electron chi connectivity index (χ4n) is 2.56. The van der Waals surface area contributed by atoms with Crippen molar-refractivity contribution in [2.24, 2.45) is 5.73 Å². The number of carbonyl (C=O) groups is 5. The second-order valence-corrected chi connectivity index (χ2v) is 6.96. The molecule has 1 aromatic carbocycles. The zero-order valence-corrected chi connectivity index (χ0v) is 17.3. The summed E-state index contributed by atoms with van der Waals surface area (Å²) in [5.74, 6) is -6.20. The molecular formula is C19H26N4O10. The van der Waals surface area contributed by atoms with Crippen LogP contribution >= 0.6 is 0 Å². The van der Waals surface area contributed by atoms with Crippen LogP contribution in [-0.2, 0) is 30.4 Å². The van der Waals surface area contributed by atoms with Gasteiger partial charge in [-0.1, -0.05) is 12.1 Å². The number of nitrogens with one attached hydrogen (secondary N) is 3. The third kappa shape index (κ3) is 9.10. The summed E-state index contributed by atoms with van der Waals surface area (Å²) in [5.41, 5.74) is 6.41. The number of hydrogen-bond donors (Lipinski definition) is 9. The number of phenolic OH excluding ortho intramolecular Hbond substituents is 1. The number of rotatable bonds is 13. The fraction of sp³-hybridized carbons (Fsp3) is 0.421. The summed E-state index contributed by atoms with van der Waals surface area (Å²) in [6.07, 6.45) is -0.894. The topological polar surface area (TPSA) is 249 Å². The highest BCUT2D eigenvalue weighted by Crippen LogP contribution is 2.11. The van der Waals surface area contributed by atoms with Crippen LogP contribution in [0.5, 0.6) is 5.75 Å². The minimum atomic E-state index is -1.81. The van der Waals surface area contributed by atoms with Crippen molar-refractivity contribution >= 4 is 29.7 Å². The third-order valence-corrected chi connectivity index (χ3v) is 4.35. The van der Waals surface area contributed by atoms with E-state index in [1.165, 1.54) is 24.3 Å². The Morgan fingerprint density at radius 3 is 1.67 bits per heavy atom. The molecule has 1 aromatic rings. The number of hydrogen-bond acceptors (Lipinski definition) is 9. The lowest BCUT2D eigenvalue weighted by molar-refractivity contribution is -0.147. The Balaban J connectivity index is 2.72. The molecule has 14 nitrogen and oxygen atoms in total. The van der Waals surface area contributed by atoms with Crippen molar-refractivity contribution in [1.82, 2.24) is 16.0 Å². The number of nitrogens with two attached hydrogens (primary N) is 1. The molecule has 0 heterocycles. The summed E-state index contributed by atoms with van der Waals surface area (Å²) in [6, 6.07) is -0.308. The van der Waals surface area contributed by atoms with Gasteiger partial charge >= 0.3 is 11.9 Å². The maximum absolute atomic E-state index is 12.3. The largest absolute Gasteiger partial charge is 0.508 e. The fourth-order valence-corrected chi connectivity index (χ4v) is 2.56. The van der Waals surface area contributed by atoms with Gasteiger partial charge in [0, 0.05) is 0 Å². The number of phenols is 1. The smallest absolute Gasteiger partial charge is 0.326 e. The van der Waals surface area contributed by atoms with Crippen LogP contribution in [0.1, 0.15) is 12.0 Å². The molecule has 1 rings (SSSR count). The first kappa shape index (κ1) is 27.3. The van der Waals surface area contributed by atoms with Crippen LogP contribution < -0.4 is 21.7 Å². The van der Waals surface area contributed by atoms with Crippen LogP contribution in [0.3, 0.4) is 0 Å². The monoisotopic (exact) mass is 470 g/mol. The predicted molar refractivity (Wildman–Crippen MR) is 110 cm³/mol. The van der Waals surface area contributed by atoms with E-state index < -0.39 is 73.5 Å². The van der Waals surface area contributed by atoms with Gasteiger partial charge in [0.1, 0.15) is 23.9 Å².